The van der Waals surface area contributed by atoms with Gasteiger partial charge in [-0.2, -0.15) is 0 Å². The fourth-order valence-corrected chi connectivity index (χ4v) is 2.26. The van der Waals surface area contributed by atoms with E-state index in [1.165, 1.54) is 11.1 Å². The predicted molar refractivity (Wildman–Crippen MR) is 85.5 cm³/mol. The average molecular weight is 269 g/mol. The number of benzene rings is 1. The van der Waals surface area contributed by atoms with Gasteiger partial charge in [-0.05, 0) is 49.2 Å². The van der Waals surface area contributed by atoms with Crippen molar-refractivity contribution in [2.75, 3.05) is 18.5 Å². The van der Waals surface area contributed by atoms with E-state index < -0.39 is 0 Å². The number of rotatable bonds is 6. The Balaban J connectivity index is 2.13. The van der Waals surface area contributed by atoms with Crippen molar-refractivity contribution in [3.05, 3.63) is 53.7 Å². The standard InChI is InChI=1S/C17H23N3/c1-4-10-18-12-15-11-14(2)17(19-13-15)20(3)16-8-6-5-7-9-16/h5-9,11,13,18H,4,10,12H2,1-3H3. The molecule has 1 N–H and O–H groups in total. The minimum Gasteiger partial charge on any atom is -0.329 e. The van der Waals surface area contributed by atoms with E-state index in [1.807, 2.05) is 24.4 Å². The number of nitrogens with one attached hydrogen (secondary N) is 1. The Morgan fingerprint density at radius 3 is 2.60 bits per heavy atom. The highest BCUT2D eigenvalue weighted by Gasteiger charge is 2.08. The van der Waals surface area contributed by atoms with Crippen LogP contribution >= 0.6 is 0 Å². The molecule has 0 radical (unpaired) electrons. The Morgan fingerprint density at radius 1 is 1.20 bits per heavy atom. The molecule has 20 heavy (non-hydrogen) atoms. The van der Waals surface area contributed by atoms with Crippen molar-refractivity contribution in [2.24, 2.45) is 0 Å². The zero-order valence-corrected chi connectivity index (χ0v) is 12.6. The molecule has 1 aromatic carbocycles. The fraction of sp³-hybridized carbons (Fsp3) is 0.353. The lowest BCUT2D eigenvalue weighted by Crippen LogP contribution is -2.16. The van der Waals surface area contributed by atoms with Crippen molar-refractivity contribution in [1.29, 1.82) is 0 Å². The quantitative estimate of drug-likeness (QED) is 0.811. The summed E-state index contributed by atoms with van der Waals surface area (Å²) in [5.74, 6) is 1.01. The molecule has 0 saturated carbocycles. The van der Waals surface area contributed by atoms with E-state index in [0.29, 0.717) is 0 Å². The zero-order valence-electron chi connectivity index (χ0n) is 12.6. The summed E-state index contributed by atoms with van der Waals surface area (Å²) in [5.41, 5.74) is 3.59. The van der Waals surface area contributed by atoms with Crippen LogP contribution in [-0.4, -0.2) is 18.6 Å². The van der Waals surface area contributed by atoms with Crippen LogP contribution in [0.25, 0.3) is 0 Å². The van der Waals surface area contributed by atoms with Crippen molar-refractivity contribution in [3.63, 3.8) is 0 Å². The summed E-state index contributed by atoms with van der Waals surface area (Å²) in [6.45, 7) is 6.22. The molecule has 2 aromatic rings. The molecule has 0 amide bonds. The van der Waals surface area contributed by atoms with Crippen molar-refractivity contribution in [2.45, 2.75) is 26.8 Å². The monoisotopic (exact) mass is 269 g/mol. The second-order valence-corrected chi connectivity index (χ2v) is 5.06. The topological polar surface area (TPSA) is 28.2 Å². The second kappa shape index (κ2) is 7.06. The first-order valence-corrected chi connectivity index (χ1v) is 7.17. The van der Waals surface area contributed by atoms with Gasteiger partial charge in [0.15, 0.2) is 0 Å². The number of aromatic nitrogens is 1. The first kappa shape index (κ1) is 14.5. The molecule has 106 valence electrons. The Labute approximate surface area is 121 Å². The number of hydrogen-bond donors (Lipinski definition) is 1. The maximum Gasteiger partial charge on any atom is 0.135 e. The summed E-state index contributed by atoms with van der Waals surface area (Å²) in [6, 6.07) is 12.5. The van der Waals surface area contributed by atoms with E-state index >= 15 is 0 Å². The van der Waals surface area contributed by atoms with Crippen LogP contribution in [0.1, 0.15) is 24.5 Å². The van der Waals surface area contributed by atoms with Gasteiger partial charge in [-0.3, -0.25) is 0 Å². The molecule has 0 aliphatic carbocycles. The van der Waals surface area contributed by atoms with Crippen molar-refractivity contribution in [1.82, 2.24) is 10.3 Å². The highest BCUT2D eigenvalue weighted by molar-refractivity contribution is 5.61. The van der Waals surface area contributed by atoms with Crippen LogP contribution in [0.5, 0.6) is 0 Å². The minimum absolute atomic E-state index is 0.886. The summed E-state index contributed by atoms with van der Waals surface area (Å²) in [7, 11) is 2.06. The molecule has 0 saturated heterocycles. The van der Waals surface area contributed by atoms with Gasteiger partial charge in [-0.1, -0.05) is 25.1 Å². The summed E-state index contributed by atoms with van der Waals surface area (Å²) in [4.78, 5) is 6.74. The third kappa shape index (κ3) is 3.58. The van der Waals surface area contributed by atoms with Gasteiger partial charge < -0.3 is 10.2 Å². The normalized spacial score (nSPS) is 10.6. The van der Waals surface area contributed by atoms with Gasteiger partial charge in [0, 0.05) is 25.5 Å². The molecule has 3 heteroatoms. The predicted octanol–water partition coefficient (Wildman–Crippen LogP) is 3.66. The molecule has 0 unspecified atom stereocenters. The Morgan fingerprint density at radius 2 is 1.95 bits per heavy atom. The summed E-state index contributed by atoms with van der Waals surface area (Å²) < 4.78 is 0. The Bertz CT molecular complexity index is 537. The highest BCUT2D eigenvalue weighted by atomic mass is 15.2. The van der Waals surface area contributed by atoms with E-state index in [2.05, 4.69) is 54.3 Å². The smallest absolute Gasteiger partial charge is 0.135 e. The number of para-hydroxylation sites is 1. The van der Waals surface area contributed by atoms with Crippen LogP contribution in [0, 0.1) is 6.92 Å². The molecule has 0 spiro atoms. The third-order valence-electron chi connectivity index (χ3n) is 3.32. The van der Waals surface area contributed by atoms with Gasteiger partial charge in [0.25, 0.3) is 0 Å². The molecule has 0 atom stereocenters. The zero-order chi connectivity index (χ0) is 14.4. The van der Waals surface area contributed by atoms with Crippen LogP contribution in [0.15, 0.2) is 42.6 Å². The molecular weight excluding hydrogens is 246 g/mol. The van der Waals surface area contributed by atoms with Crippen molar-refractivity contribution < 1.29 is 0 Å². The number of nitrogens with zero attached hydrogens (tertiary/aromatic N) is 2. The summed E-state index contributed by atoms with van der Waals surface area (Å²) in [5, 5.41) is 3.41. The highest BCUT2D eigenvalue weighted by Crippen LogP contribution is 2.24. The van der Waals surface area contributed by atoms with Crippen molar-refractivity contribution >= 4 is 11.5 Å². The van der Waals surface area contributed by atoms with E-state index in [0.717, 1.165) is 31.0 Å². The molecule has 0 aliphatic heterocycles. The SMILES string of the molecule is CCCNCc1cnc(N(C)c2ccccc2)c(C)c1. The van der Waals surface area contributed by atoms with Crippen LogP contribution in [-0.2, 0) is 6.54 Å². The molecule has 0 aliphatic rings. The minimum atomic E-state index is 0.886. The number of hydrogen-bond acceptors (Lipinski definition) is 3. The van der Waals surface area contributed by atoms with Gasteiger partial charge in [-0.25, -0.2) is 4.98 Å². The van der Waals surface area contributed by atoms with Gasteiger partial charge >= 0.3 is 0 Å². The van der Waals surface area contributed by atoms with Crippen LogP contribution in [0.4, 0.5) is 11.5 Å². The van der Waals surface area contributed by atoms with E-state index in [-0.39, 0.29) is 0 Å². The van der Waals surface area contributed by atoms with Gasteiger partial charge in [-0.15, -0.1) is 0 Å². The Kier molecular flexibility index (Phi) is 5.13. The summed E-state index contributed by atoms with van der Waals surface area (Å²) in [6.07, 6.45) is 3.12. The molecule has 0 bridgehead atoms. The number of anilines is 2. The van der Waals surface area contributed by atoms with E-state index in [1.54, 1.807) is 0 Å². The van der Waals surface area contributed by atoms with Crippen LogP contribution in [0.3, 0.4) is 0 Å². The molecular formula is C17H23N3. The second-order valence-electron chi connectivity index (χ2n) is 5.06. The van der Waals surface area contributed by atoms with Crippen LogP contribution < -0.4 is 10.2 Å². The maximum absolute atomic E-state index is 4.62. The van der Waals surface area contributed by atoms with Crippen molar-refractivity contribution in [3.8, 4) is 0 Å². The number of aryl methyl sites for hydroxylation is 1. The molecule has 0 fully saturated rings. The summed E-state index contributed by atoms with van der Waals surface area (Å²) >= 11 is 0. The third-order valence-corrected chi connectivity index (χ3v) is 3.32. The first-order chi connectivity index (χ1) is 9.72. The lowest BCUT2D eigenvalue weighted by molar-refractivity contribution is 0.673. The first-order valence-electron chi connectivity index (χ1n) is 7.17. The van der Waals surface area contributed by atoms with Gasteiger partial charge in [0.2, 0.25) is 0 Å². The largest absolute Gasteiger partial charge is 0.329 e. The van der Waals surface area contributed by atoms with E-state index in [4.69, 9.17) is 0 Å². The van der Waals surface area contributed by atoms with Gasteiger partial charge in [0.1, 0.15) is 5.82 Å². The molecule has 3 nitrogen and oxygen atoms in total. The maximum atomic E-state index is 4.62. The lowest BCUT2D eigenvalue weighted by atomic mass is 10.2. The Hall–Kier alpha value is -1.87. The van der Waals surface area contributed by atoms with E-state index in [9.17, 15) is 0 Å². The molecule has 1 heterocycles. The van der Waals surface area contributed by atoms with Gasteiger partial charge in [0.05, 0.1) is 0 Å². The molecule has 1 aromatic heterocycles. The fourth-order valence-electron chi connectivity index (χ4n) is 2.26. The average Bonchev–Trinajstić information content (AvgIpc) is 2.48. The number of pyridine rings is 1. The molecule has 2 rings (SSSR count). The van der Waals surface area contributed by atoms with Crippen LogP contribution in [0.2, 0.25) is 0 Å². The lowest BCUT2D eigenvalue weighted by Gasteiger charge is -2.20.